The third-order valence-corrected chi connectivity index (χ3v) is 6.10. The molecule has 1 aromatic heterocycles. The van der Waals surface area contributed by atoms with Gasteiger partial charge in [-0.15, -0.1) is 11.3 Å². The molecule has 2 aromatic carbocycles. The molecule has 0 radical (unpaired) electrons. The maximum absolute atomic E-state index is 13.1. The van der Waals surface area contributed by atoms with E-state index in [9.17, 15) is 14.0 Å². The van der Waals surface area contributed by atoms with Crippen molar-refractivity contribution in [3.8, 4) is 5.75 Å². The summed E-state index contributed by atoms with van der Waals surface area (Å²) in [4.78, 5) is 30.6. The van der Waals surface area contributed by atoms with E-state index in [1.165, 1.54) is 30.6 Å². The Bertz CT molecular complexity index is 1120. The van der Waals surface area contributed by atoms with Gasteiger partial charge in [-0.3, -0.25) is 9.59 Å². The number of hydrogen-bond acceptors (Lipinski definition) is 5. The minimum absolute atomic E-state index is 0.194. The molecule has 1 fully saturated rings. The van der Waals surface area contributed by atoms with Gasteiger partial charge in [0.2, 0.25) is 0 Å². The van der Waals surface area contributed by atoms with E-state index in [4.69, 9.17) is 4.74 Å². The summed E-state index contributed by atoms with van der Waals surface area (Å²) in [6, 6.07) is 11.4. The van der Waals surface area contributed by atoms with Crippen LogP contribution in [0.4, 0.5) is 10.1 Å². The molecule has 1 aliphatic rings. The van der Waals surface area contributed by atoms with Crippen molar-refractivity contribution >= 4 is 28.8 Å². The van der Waals surface area contributed by atoms with Gasteiger partial charge < -0.3 is 15.4 Å². The fourth-order valence-corrected chi connectivity index (χ4v) is 4.13. The topological polar surface area (TPSA) is 80.3 Å². The lowest BCUT2D eigenvalue weighted by Crippen LogP contribution is -2.27. The quantitative estimate of drug-likeness (QED) is 0.574. The van der Waals surface area contributed by atoms with Crippen molar-refractivity contribution in [3.63, 3.8) is 0 Å². The van der Waals surface area contributed by atoms with E-state index < -0.39 is 0 Å². The summed E-state index contributed by atoms with van der Waals surface area (Å²) in [6.07, 6.45) is 2.44. The van der Waals surface area contributed by atoms with E-state index in [2.05, 4.69) is 15.6 Å². The number of ether oxygens (including phenoxy) is 1. The van der Waals surface area contributed by atoms with Crippen LogP contribution in [0.15, 0.2) is 42.5 Å². The number of nitrogens with one attached hydrogen (secondary N) is 2. The van der Waals surface area contributed by atoms with E-state index >= 15 is 0 Å². The fourth-order valence-electron chi connectivity index (χ4n) is 3.13. The van der Waals surface area contributed by atoms with E-state index in [1.807, 2.05) is 0 Å². The molecule has 0 saturated heterocycles. The molecule has 4 rings (SSSR count). The van der Waals surface area contributed by atoms with Crippen molar-refractivity contribution in [2.24, 2.45) is 0 Å². The average molecular weight is 440 g/mol. The van der Waals surface area contributed by atoms with Gasteiger partial charge in [-0.25, -0.2) is 9.37 Å². The summed E-state index contributed by atoms with van der Waals surface area (Å²) in [5.41, 5.74) is 2.29. The predicted molar refractivity (Wildman–Crippen MR) is 117 cm³/mol. The molecule has 3 aromatic rings. The lowest BCUT2D eigenvalue weighted by atomic mass is 10.1. The zero-order valence-corrected chi connectivity index (χ0v) is 18.0. The predicted octanol–water partition coefficient (Wildman–Crippen LogP) is 4.33. The van der Waals surface area contributed by atoms with Crippen LogP contribution < -0.4 is 15.4 Å². The van der Waals surface area contributed by atoms with Crippen LogP contribution in [0.1, 0.15) is 49.1 Å². The zero-order chi connectivity index (χ0) is 22.0. The summed E-state index contributed by atoms with van der Waals surface area (Å²) in [5.74, 6) is -0.324. The normalized spacial score (nSPS) is 13.0. The van der Waals surface area contributed by atoms with Crippen LogP contribution in [-0.2, 0) is 6.42 Å². The summed E-state index contributed by atoms with van der Waals surface area (Å²) in [7, 11) is 1.53. The standard InChI is InChI=1S/C23H22FN3O3S/c1-13-21(31-20(25-13)11-14-3-5-15(24)6-4-14)23(29)27-19-10-9-17(30-2)12-18(19)22(28)26-16-7-8-16/h3-6,9-10,12,16H,7-8,11H2,1-2H3,(H,26,28)(H,27,29). The number of hydrogen-bond donors (Lipinski definition) is 2. The summed E-state index contributed by atoms with van der Waals surface area (Å²) in [6.45, 7) is 1.77. The molecule has 0 unspecified atom stereocenters. The van der Waals surface area contributed by atoms with Crippen molar-refractivity contribution < 1.29 is 18.7 Å². The number of benzene rings is 2. The SMILES string of the molecule is COc1ccc(NC(=O)c2sc(Cc3ccc(F)cc3)nc2C)c(C(=O)NC2CC2)c1. The number of carbonyl (C=O) groups excluding carboxylic acids is 2. The van der Waals surface area contributed by atoms with E-state index in [1.54, 1.807) is 37.3 Å². The Labute approximate surface area is 183 Å². The Morgan fingerprint density at radius 2 is 1.90 bits per heavy atom. The molecular weight excluding hydrogens is 417 g/mol. The molecule has 0 atom stereocenters. The third-order valence-electron chi connectivity index (χ3n) is 4.95. The first-order valence-corrected chi connectivity index (χ1v) is 10.8. The molecule has 1 saturated carbocycles. The maximum atomic E-state index is 13.1. The lowest BCUT2D eigenvalue weighted by molar-refractivity contribution is 0.0951. The smallest absolute Gasteiger partial charge is 0.267 e. The molecule has 2 amide bonds. The second kappa shape index (κ2) is 8.85. The van der Waals surface area contributed by atoms with Gasteiger partial charge in [-0.2, -0.15) is 0 Å². The van der Waals surface area contributed by atoms with Crippen LogP contribution in [0.25, 0.3) is 0 Å². The number of thiazole rings is 1. The number of amides is 2. The highest BCUT2D eigenvalue weighted by atomic mass is 32.1. The third kappa shape index (κ3) is 5.08. The summed E-state index contributed by atoms with van der Waals surface area (Å²) < 4.78 is 18.3. The number of anilines is 1. The van der Waals surface area contributed by atoms with Crippen LogP contribution in [0.5, 0.6) is 5.75 Å². The highest BCUT2D eigenvalue weighted by molar-refractivity contribution is 7.14. The molecule has 0 spiro atoms. The zero-order valence-electron chi connectivity index (χ0n) is 17.2. The minimum atomic E-state index is -0.328. The number of aromatic nitrogens is 1. The molecule has 31 heavy (non-hydrogen) atoms. The number of methoxy groups -OCH3 is 1. The van der Waals surface area contributed by atoms with Gasteiger partial charge in [-0.1, -0.05) is 12.1 Å². The Balaban J connectivity index is 1.53. The second-order valence-corrected chi connectivity index (χ2v) is 8.52. The van der Waals surface area contributed by atoms with Crippen LogP contribution >= 0.6 is 11.3 Å². The van der Waals surface area contributed by atoms with Crippen molar-refractivity contribution in [2.75, 3.05) is 12.4 Å². The second-order valence-electron chi connectivity index (χ2n) is 7.44. The van der Waals surface area contributed by atoms with Gasteiger partial charge in [0.15, 0.2) is 0 Å². The van der Waals surface area contributed by atoms with Crippen molar-refractivity contribution in [2.45, 2.75) is 32.2 Å². The van der Waals surface area contributed by atoms with Crippen LogP contribution in [0, 0.1) is 12.7 Å². The van der Waals surface area contributed by atoms with Gasteiger partial charge in [0.25, 0.3) is 11.8 Å². The molecule has 8 heteroatoms. The number of carbonyl (C=O) groups is 2. The fraction of sp³-hybridized carbons (Fsp3) is 0.261. The first-order chi connectivity index (χ1) is 14.9. The van der Waals surface area contributed by atoms with Crippen molar-refractivity contribution in [1.82, 2.24) is 10.3 Å². The van der Waals surface area contributed by atoms with Gasteiger partial charge in [0.05, 0.1) is 29.1 Å². The molecule has 160 valence electrons. The average Bonchev–Trinajstić information content (AvgIpc) is 3.49. The maximum Gasteiger partial charge on any atom is 0.267 e. The molecule has 1 heterocycles. The Morgan fingerprint density at radius 3 is 2.58 bits per heavy atom. The van der Waals surface area contributed by atoms with Crippen molar-refractivity contribution in [1.29, 1.82) is 0 Å². The van der Waals surface area contributed by atoms with E-state index in [0.717, 1.165) is 23.4 Å². The monoisotopic (exact) mass is 439 g/mol. The Morgan fingerprint density at radius 1 is 1.16 bits per heavy atom. The van der Waals surface area contributed by atoms with E-state index in [-0.39, 0.29) is 23.7 Å². The summed E-state index contributed by atoms with van der Waals surface area (Å²) >= 11 is 1.29. The van der Waals surface area contributed by atoms with Crippen molar-refractivity contribution in [3.05, 3.63) is 75.0 Å². The van der Waals surface area contributed by atoms with Gasteiger partial charge in [-0.05, 0) is 55.7 Å². The molecule has 1 aliphatic carbocycles. The molecule has 2 N–H and O–H groups in total. The lowest BCUT2D eigenvalue weighted by Gasteiger charge is -2.12. The molecular formula is C23H22FN3O3S. The molecule has 6 nitrogen and oxygen atoms in total. The minimum Gasteiger partial charge on any atom is -0.497 e. The first kappa shape index (κ1) is 21.0. The highest BCUT2D eigenvalue weighted by Crippen LogP contribution is 2.27. The Kier molecular flexibility index (Phi) is 5.99. The first-order valence-electron chi connectivity index (χ1n) is 9.94. The van der Waals surface area contributed by atoms with Crippen LogP contribution in [0.2, 0.25) is 0 Å². The van der Waals surface area contributed by atoms with E-state index in [0.29, 0.717) is 34.0 Å². The molecule has 0 aliphatic heterocycles. The number of aryl methyl sites for hydroxylation is 1. The van der Waals surface area contributed by atoms with Gasteiger partial charge in [0.1, 0.15) is 16.4 Å². The van der Waals surface area contributed by atoms with Crippen LogP contribution in [0.3, 0.4) is 0 Å². The van der Waals surface area contributed by atoms with Crippen LogP contribution in [-0.4, -0.2) is 29.9 Å². The molecule has 0 bridgehead atoms. The summed E-state index contributed by atoms with van der Waals surface area (Å²) in [5, 5.41) is 6.54. The van der Waals surface area contributed by atoms with Gasteiger partial charge in [0, 0.05) is 12.5 Å². The number of rotatable bonds is 7. The highest BCUT2D eigenvalue weighted by Gasteiger charge is 2.26. The number of halogens is 1. The number of nitrogens with zero attached hydrogens (tertiary/aromatic N) is 1. The van der Waals surface area contributed by atoms with Gasteiger partial charge >= 0.3 is 0 Å². The largest absolute Gasteiger partial charge is 0.497 e. The Hall–Kier alpha value is -3.26.